The fourth-order valence-corrected chi connectivity index (χ4v) is 1.29. The van der Waals surface area contributed by atoms with E-state index >= 15 is 0 Å². The van der Waals surface area contributed by atoms with Crippen molar-refractivity contribution in [1.82, 2.24) is 10.2 Å². The Hall–Kier alpha value is -1.61. The minimum absolute atomic E-state index is 0.166. The highest BCUT2D eigenvalue weighted by Gasteiger charge is 2.16. The summed E-state index contributed by atoms with van der Waals surface area (Å²) in [6.07, 6.45) is 0.281. The summed E-state index contributed by atoms with van der Waals surface area (Å²) in [6.45, 7) is 4.94. The standard InChI is InChI=1S/C11H19N3O3/c1-3-14(7-9(2)11(16)17)8-10(15)13-6-4-5-12/h9H,3-4,6-8H2,1-2H3,(H,13,15)(H,16,17). The fourth-order valence-electron chi connectivity index (χ4n) is 1.29. The monoisotopic (exact) mass is 241 g/mol. The van der Waals surface area contributed by atoms with Crippen LogP contribution in [-0.4, -0.2) is 48.1 Å². The van der Waals surface area contributed by atoms with Crippen LogP contribution in [0.25, 0.3) is 0 Å². The topological polar surface area (TPSA) is 93.4 Å². The van der Waals surface area contributed by atoms with Gasteiger partial charge in [-0.25, -0.2) is 0 Å². The van der Waals surface area contributed by atoms with Gasteiger partial charge in [-0.2, -0.15) is 5.26 Å². The molecule has 0 aromatic rings. The van der Waals surface area contributed by atoms with Gasteiger partial charge in [0.15, 0.2) is 0 Å². The van der Waals surface area contributed by atoms with Crippen molar-refractivity contribution >= 4 is 11.9 Å². The number of rotatable bonds is 8. The van der Waals surface area contributed by atoms with Gasteiger partial charge in [-0.15, -0.1) is 0 Å². The molecule has 0 saturated carbocycles. The van der Waals surface area contributed by atoms with Crippen LogP contribution in [0, 0.1) is 17.2 Å². The maximum Gasteiger partial charge on any atom is 0.307 e. The van der Waals surface area contributed by atoms with Gasteiger partial charge >= 0.3 is 5.97 Å². The van der Waals surface area contributed by atoms with Crippen LogP contribution in [0.2, 0.25) is 0 Å². The molecule has 6 nitrogen and oxygen atoms in total. The van der Waals surface area contributed by atoms with Crippen LogP contribution in [0.4, 0.5) is 0 Å². The van der Waals surface area contributed by atoms with Crippen molar-refractivity contribution in [3.63, 3.8) is 0 Å². The lowest BCUT2D eigenvalue weighted by atomic mass is 10.1. The average molecular weight is 241 g/mol. The normalized spacial score (nSPS) is 11.9. The minimum atomic E-state index is -0.867. The summed E-state index contributed by atoms with van der Waals surface area (Å²) in [5.74, 6) is -1.55. The van der Waals surface area contributed by atoms with Gasteiger partial charge in [0, 0.05) is 13.1 Å². The summed E-state index contributed by atoms with van der Waals surface area (Å²) >= 11 is 0. The van der Waals surface area contributed by atoms with E-state index in [0.717, 1.165) is 0 Å². The van der Waals surface area contributed by atoms with Crippen molar-refractivity contribution in [2.45, 2.75) is 20.3 Å². The molecule has 0 radical (unpaired) electrons. The first kappa shape index (κ1) is 15.4. The molecule has 1 amide bonds. The van der Waals surface area contributed by atoms with Crippen LogP contribution in [0.1, 0.15) is 20.3 Å². The predicted molar refractivity (Wildman–Crippen MR) is 62.2 cm³/mol. The van der Waals surface area contributed by atoms with Gasteiger partial charge in [0.2, 0.25) is 5.91 Å². The first-order valence-corrected chi connectivity index (χ1v) is 5.60. The van der Waals surface area contributed by atoms with Crippen molar-refractivity contribution in [2.24, 2.45) is 5.92 Å². The molecule has 0 aromatic carbocycles. The molecule has 0 fully saturated rings. The minimum Gasteiger partial charge on any atom is -0.481 e. The molecule has 0 aliphatic rings. The maximum absolute atomic E-state index is 11.4. The largest absolute Gasteiger partial charge is 0.481 e. The van der Waals surface area contributed by atoms with E-state index < -0.39 is 11.9 Å². The highest BCUT2D eigenvalue weighted by atomic mass is 16.4. The molecule has 0 saturated heterocycles. The molecule has 17 heavy (non-hydrogen) atoms. The number of amides is 1. The lowest BCUT2D eigenvalue weighted by molar-refractivity contribution is -0.142. The van der Waals surface area contributed by atoms with Crippen LogP contribution in [0.15, 0.2) is 0 Å². The Morgan fingerprint density at radius 2 is 2.18 bits per heavy atom. The molecule has 96 valence electrons. The third kappa shape index (κ3) is 7.30. The zero-order chi connectivity index (χ0) is 13.3. The summed E-state index contributed by atoms with van der Waals surface area (Å²) in [5, 5.41) is 19.7. The lowest BCUT2D eigenvalue weighted by Crippen LogP contribution is -2.40. The zero-order valence-corrected chi connectivity index (χ0v) is 10.3. The number of aliphatic carboxylic acids is 1. The number of nitrogens with one attached hydrogen (secondary N) is 1. The van der Waals surface area contributed by atoms with E-state index in [4.69, 9.17) is 10.4 Å². The third-order valence-electron chi connectivity index (χ3n) is 2.33. The number of carboxylic acids is 1. The smallest absolute Gasteiger partial charge is 0.307 e. The molecular formula is C11H19N3O3. The zero-order valence-electron chi connectivity index (χ0n) is 10.3. The summed E-state index contributed by atoms with van der Waals surface area (Å²) in [5.41, 5.74) is 0. The number of likely N-dealkylation sites (N-methyl/N-ethyl adjacent to an activating group) is 1. The van der Waals surface area contributed by atoms with Gasteiger partial charge in [0.25, 0.3) is 0 Å². The van der Waals surface area contributed by atoms with Crippen molar-refractivity contribution in [3.8, 4) is 6.07 Å². The molecule has 0 spiro atoms. The molecule has 0 aliphatic heterocycles. The van der Waals surface area contributed by atoms with Crippen molar-refractivity contribution < 1.29 is 14.7 Å². The van der Waals surface area contributed by atoms with E-state index in [2.05, 4.69) is 5.32 Å². The number of carboxylic acid groups (broad SMARTS) is 1. The first-order chi connectivity index (χ1) is 8.01. The van der Waals surface area contributed by atoms with Gasteiger partial charge in [-0.05, 0) is 6.54 Å². The molecule has 2 N–H and O–H groups in total. The number of nitrogens with zero attached hydrogens (tertiary/aromatic N) is 2. The summed E-state index contributed by atoms with van der Waals surface area (Å²) in [4.78, 5) is 23.9. The highest BCUT2D eigenvalue weighted by Crippen LogP contribution is 1.99. The number of carbonyl (C=O) groups is 2. The van der Waals surface area contributed by atoms with Crippen LogP contribution in [-0.2, 0) is 9.59 Å². The Kier molecular flexibility index (Phi) is 7.72. The molecule has 0 bridgehead atoms. The molecule has 1 unspecified atom stereocenters. The maximum atomic E-state index is 11.4. The lowest BCUT2D eigenvalue weighted by Gasteiger charge is -2.21. The van der Waals surface area contributed by atoms with E-state index in [0.29, 0.717) is 19.6 Å². The fraction of sp³-hybridized carbons (Fsp3) is 0.727. The van der Waals surface area contributed by atoms with E-state index in [9.17, 15) is 9.59 Å². The van der Waals surface area contributed by atoms with E-state index in [1.165, 1.54) is 0 Å². The van der Waals surface area contributed by atoms with Crippen molar-refractivity contribution in [3.05, 3.63) is 0 Å². The van der Waals surface area contributed by atoms with Crippen LogP contribution >= 0.6 is 0 Å². The molecule has 0 aromatic heterocycles. The van der Waals surface area contributed by atoms with E-state index in [1.54, 1.807) is 11.8 Å². The molecule has 0 aliphatic carbocycles. The summed E-state index contributed by atoms with van der Waals surface area (Å²) in [7, 11) is 0. The number of hydrogen-bond donors (Lipinski definition) is 2. The van der Waals surface area contributed by atoms with Crippen molar-refractivity contribution in [2.75, 3.05) is 26.2 Å². The third-order valence-corrected chi connectivity index (χ3v) is 2.33. The first-order valence-electron chi connectivity index (χ1n) is 5.60. The van der Waals surface area contributed by atoms with Gasteiger partial charge < -0.3 is 10.4 Å². The van der Waals surface area contributed by atoms with E-state index in [-0.39, 0.29) is 18.9 Å². The molecule has 6 heteroatoms. The van der Waals surface area contributed by atoms with Gasteiger partial charge in [-0.3, -0.25) is 14.5 Å². The van der Waals surface area contributed by atoms with Crippen molar-refractivity contribution in [1.29, 1.82) is 5.26 Å². The second kappa shape index (κ2) is 8.53. The second-order valence-corrected chi connectivity index (χ2v) is 3.83. The molecular weight excluding hydrogens is 222 g/mol. The Morgan fingerprint density at radius 3 is 2.65 bits per heavy atom. The Labute approximate surface area is 101 Å². The van der Waals surface area contributed by atoms with E-state index in [1.807, 2.05) is 13.0 Å². The predicted octanol–water partition coefficient (Wildman–Crippen LogP) is 0.0589. The second-order valence-electron chi connectivity index (χ2n) is 3.83. The number of nitriles is 1. The van der Waals surface area contributed by atoms with Gasteiger partial charge in [0.05, 0.1) is 25.0 Å². The highest BCUT2D eigenvalue weighted by molar-refractivity contribution is 5.78. The quantitative estimate of drug-likeness (QED) is 0.586. The summed E-state index contributed by atoms with van der Waals surface area (Å²) in [6, 6.07) is 1.93. The molecule has 0 heterocycles. The van der Waals surface area contributed by atoms with Crippen LogP contribution in [0.5, 0.6) is 0 Å². The Balaban J connectivity index is 4.00. The summed E-state index contributed by atoms with van der Waals surface area (Å²) < 4.78 is 0. The van der Waals surface area contributed by atoms with Crippen LogP contribution in [0.3, 0.4) is 0 Å². The number of hydrogen-bond acceptors (Lipinski definition) is 4. The molecule has 1 atom stereocenters. The number of carbonyl (C=O) groups excluding carboxylic acids is 1. The Bertz CT molecular complexity index is 299. The molecule has 0 rings (SSSR count). The van der Waals surface area contributed by atoms with Crippen LogP contribution < -0.4 is 5.32 Å². The average Bonchev–Trinajstić information content (AvgIpc) is 2.28. The SMILES string of the molecule is CCN(CC(=O)NCCC#N)CC(C)C(=O)O. The van der Waals surface area contributed by atoms with Gasteiger partial charge in [-0.1, -0.05) is 13.8 Å². The Morgan fingerprint density at radius 1 is 1.53 bits per heavy atom. The van der Waals surface area contributed by atoms with Gasteiger partial charge in [0.1, 0.15) is 0 Å².